The number of carbonyl (C=O) groups excluding carboxylic acids is 1. The van der Waals surface area contributed by atoms with Crippen LogP contribution >= 0.6 is 23.2 Å². The van der Waals surface area contributed by atoms with Gasteiger partial charge in [0.25, 0.3) is 5.91 Å². The largest absolute Gasteiger partial charge is 0.497 e. The molecule has 6 N–H and O–H groups in total. The Kier molecular flexibility index (Phi) is 8.29. The molecule has 0 saturated carbocycles. The van der Waals surface area contributed by atoms with Gasteiger partial charge in [0, 0.05) is 26.7 Å². The monoisotopic (exact) mass is 537 g/mol. The maximum Gasteiger partial charge on any atom is 0.251 e. The molecule has 0 fully saturated rings. The number of nitrogens with two attached hydrogens (primary N) is 2. The smallest absolute Gasteiger partial charge is 0.251 e. The molecular formula is C26H25Cl2N7O2. The van der Waals surface area contributed by atoms with E-state index in [9.17, 15) is 4.79 Å². The van der Waals surface area contributed by atoms with Crippen LogP contribution in [0.25, 0.3) is 22.5 Å². The van der Waals surface area contributed by atoms with Crippen LogP contribution in [0.4, 0.5) is 0 Å². The van der Waals surface area contributed by atoms with Crippen LogP contribution in [-0.2, 0) is 6.54 Å². The summed E-state index contributed by atoms with van der Waals surface area (Å²) in [6.45, 7) is 0.557. The number of rotatable bonds is 8. The SMILES string of the molecule is COc1ccc(-c2cc(-c3cc(Cl)cc(Cl)c3)nn2Cc2ccc(C(=O)NC/C(=N/N)NN)cc2)cc1. The second kappa shape index (κ2) is 11.8. The van der Waals surface area contributed by atoms with Crippen molar-refractivity contribution in [2.45, 2.75) is 6.54 Å². The van der Waals surface area contributed by atoms with Gasteiger partial charge >= 0.3 is 0 Å². The van der Waals surface area contributed by atoms with Crippen LogP contribution < -0.4 is 27.2 Å². The molecule has 0 atom stereocenters. The predicted molar refractivity (Wildman–Crippen MR) is 146 cm³/mol. The third kappa shape index (κ3) is 6.39. The lowest BCUT2D eigenvalue weighted by atomic mass is 10.1. The van der Waals surface area contributed by atoms with E-state index in [0.717, 1.165) is 33.8 Å². The van der Waals surface area contributed by atoms with E-state index in [1.54, 1.807) is 25.3 Å². The molecule has 0 aliphatic rings. The third-order valence-corrected chi connectivity index (χ3v) is 6.05. The lowest BCUT2D eigenvalue weighted by Crippen LogP contribution is -2.41. The average molecular weight is 538 g/mol. The quantitative estimate of drug-likeness (QED) is 0.116. The molecule has 1 amide bonds. The average Bonchev–Trinajstić information content (AvgIpc) is 3.33. The van der Waals surface area contributed by atoms with Gasteiger partial charge in [-0.05, 0) is 66.2 Å². The minimum atomic E-state index is -0.277. The molecule has 11 heteroatoms. The zero-order valence-electron chi connectivity index (χ0n) is 19.9. The number of benzene rings is 3. The number of methoxy groups -OCH3 is 1. The number of hydrogen-bond donors (Lipinski definition) is 4. The number of hydrogen-bond acceptors (Lipinski definition) is 6. The van der Waals surface area contributed by atoms with Crippen LogP contribution in [0.5, 0.6) is 5.75 Å². The molecule has 4 rings (SSSR count). The molecule has 0 aliphatic carbocycles. The van der Waals surface area contributed by atoms with Crippen molar-refractivity contribution >= 4 is 34.9 Å². The first kappa shape index (κ1) is 26.0. The molecule has 190 valence electrons. The number of halogens is 2. The van der Waals surface area contributed by atoms with Crippen molar-refractivity contribution in [1.29, 1.82) is 0 Å². The zero-order chi connectivity index (χ0) is 26.4. The van der Waals surface area contributed by atoms with Gasteiger partial charge in [-0.1, -0.05) is 35.3 Å². The second-order valence-corrected chi connectivity index (χ2v) is 8.93. The Hall–Kier alpha value is -4.05. The van der Waals surface area contributed by atoms with E-state index in [1.165, 1.54) is 0 Å². The van der Waals surface area contributed by atoms with Crippen molar-refractivity contribution in [2.24, 2.45) is 16.8 Å². The molecule has 37 heavy (non-hydrogen) atoms. The van der Waals surface area contributed by atoms with Crippen LogP contribution in [0.15, 0.2) is 77.9 Å². The number of amides is 1. The molecule has 0 radical (unpaired) electrons. The molecule has 0 saturated heterocycles. The molecular weight excluding hydrogens is 513 g/mol. The summed E-state index contributed by atoms with van der Waals surface area (Å²) in [5, 5.41) is 12.1. The van der Waals surface area contributed by atoms with E-state index < -0.39 is 0 Å². The van der Waals surface area contributed by atoms with Gasteiger partial charge < -0.3 is 21.3 Å². The third-order valence-electron chi connectivity index (χ3n) is 5.61. The van der Waals surface area contributed by atoms with Crippen molar-refractivity contribution in [2.75, 3.05) is 13.7 Å². The highest BCUT2D eigenvalue weighted by Gasteiger charge is 2.14. The molecule has 0 spiro atoms. The predicted octanol–water partition coefficient (Wildman–Crippen LogP) is 4.05. The number of ether oxygens (including phenoxy) is 1. The molecule has 9 nitrogen and oxygen atoms in total. The molecule has 4 aromatic rings. The summed E-state index contributed by atoms with van der Waals surface area (Å²) in [6.07, 6.45) is 0. The van der Waals surface area contributed by atoms with Crippen molar-refractivity contribution < 1.29 is 9.53 Å². The lowest BCUT2D eigenvalue weighted by Gasteiger charge is -2.10. The van der Waals surface area contributed by atoms with Gasteiger partial charge in [-0.2, -0.15) is 10.2 Å². The van der Waals surface area contributed by atoms with Crippen molar-refractivity contribution in [1.82, 2.24) is 20.5 Å². The summed E-state index contributed by atoms with van der Waals surface area (Å²) in [6, 6.07) is 22.3. The van der Waals surface area contributed by atoms with Crippen LogP contribution in [0.1, 0.15) is 15.9 Å². The van der Waals surface area contributed by atoms with Gasteiger partial charge in [0.2, 0.25) is 0 Å². The number of carbonyl (C=O) groups is 1. The van der Waals surface area contributed by atoms with Gasteiger partial charge in [-0.15, -0.1) is 0 Å². The van der Waals surface area contributed by atoms with Gasteiger partial charge in [0.05, 0.1) is 31.6 Å². The summed E-state index contributed by atoms with van der Waals surface area (Å²) < 4.78 is 7.20. The summed E-state index contributed by atoms with van der Waals surface area (Å²) in [4.78, 5) is 12.4. The highest BCUT2D eigenvalue weighted by Crippen LogP contribution is 2.31. The number of nitrogens with zero attached hydrogens (tertiary/aromatic N) is 3. The van der Waals surface area contributed by atoms with Gasteiger partial charge in [-0.3, -0.25) is 9.48 Å². The van der Waals surface area contributed by atoms with Crippen LogP contribution in [-0.4, -0.2) is 35.2 Å². The minimum Gasteiger partial charge on any atom is -0.497 e. The van der Waals surface area contributed by atoms with Crippen molar-refractivity contribution in [3.05, 3.63) is 94.0 Å². The van der Waals surface area contributed by atoms with E-state index >= 15 is 0 Å². The molecule has 0 unspecified atom stereocenters. The van der Waals surface area contributed by atoms with E-state index in [4.69, 9.17) is 44.7 Å². The number of nitrogens with one attached hydrogen (secondary N) is 2. The summed E-state index contributed by atoms with van der Waals surface area (Å²) in [5.74, 6) is 11.2. The standard InChI is InChI=1S/C26H25Cl2N7O2/c1-37-22-8-6-17(7-9-22)24-13-23(19-10-20(27)12-21(28)11-19)34-35(24)15-16-2-4-18(5-3-16)26(36)31-14-25(32-29)33-30/h2-13H,14-15,29-30H2,1H3,(H,31,36)(H,32,33). The minimum absolute atomic E-state index is 0.0857. The Morgan fingerprint density at radius 2 is 1.68 bits per heavy atom. The maximum atomic E-state index is 12.4. The van der Waals surface area contributed by atoms with Crippen molar-refractivity contribution in [3.63, 3.8) is 0 Å². The highest BCUT2D eigenvalue weighted by atomic mass is 35.5. The number of hydrazone groups is 1. The zero-order valence-corrected chi connectivity index (χ0v) is 21.4. The number of hydrazine groups is 1. The molecule has 0 bridgehead atoms. The summed E-state index contributed by atoms with van der Waals surface area (Å²) in [7, 11) is 1.63. The topological polar surface area (TPSA) is 133 Å². The highest BCUT2D eigenvalue weighted by molar-refractivity contribution is 6.35. The van der Waals surface area contributed by atoms with Gasteiger partial charge in [0.15, 0.2) is 5.84 Å². The second-order valence-electron chi connectivity index (χ2n) is 8.06. The van der Waals surface area contributed by atoms with E-state index in [1.807, 2.05) is 59.3 Å². The van der Waals surface area contributed by atoms with E-state index in [-0.39, 0.29) is 18.3 Å². The molecule has 3 aromatic carbocycles. The lowest BCUT2D eigenvalue weighted by molar-refractivity contribution is 0.0959. The van der Waals surface area contributed by atoms with Gasteiger partial charge in [0.1, 0.15) is 5.75 Å². The Labute approximate surface area is 224 Å². The maximum absolute atomic E-state index is 12.4. The van der Waals surface area contributed by atoms with Crippen LogP contribution in [0.2, 0.25) is 10.0 Å². The molecule has 1 aromatic heterocycles. The summed E-state index contributed by atoms with van der Waals surface area (Å²) in [5.41, 5.74) is 7.18. The summed E-state index contributed by atoms with van der Waals surface area (Å²) >= 11 is 12.5. The Balaban J connectivity index is 1.62. The normalized spacial score (nSPS) is 11.3. The Bertz CT molecular complexity index is 1400. The first-order chi connectivity index (χ1) is 17.9. The first-order valence-electron chi connectivity index (χ1n) is 11.2. The van der Waals surface area contributed by atoms with E-state index in [0.29, 0.717) is 22.2 Å². The number of amidine groups is 1. The fraction of sp³-hybridized carbons (Fsp3) is 0.115. The molecule has 0 aliphatic heterocycles. The number of aromatic nitrogens is 2. The fourth-order valence-electron chi connectivity index (χ4n) is 3.71. The fourth-order valence-corrected chi connectivity index (χ4v) is 4.23. The Morgan fingerprint density at radius 3 is 2.27 bits per heavy atom. The van der Waals surface area contributed by atoms with Gasteiger partial charge in [-0.25, -0.2) is 5.84 Å². The first-order valence-corrected chi connectivity index (χ1v) is 11.9. The Morgan fingerprint density at radius 1 is 1.00 bits per heavy atom. The van der Waals surface area contributed by atoms with Crippen LogP contribution in [0, 0.1) is 0 Å². The van der Waals surface area contributed by atoms with Crippen molar-refractivity contribution in [3.8, 4) is 28.3 Å². The van der Waals surface area contributed by atoms with Crippen LogP contribution in [0.3, 0.4) is 0 Å². The molecule has 1 heterocycles. The van der Waals surface area contributed by atoms with E-state index in [2.05, 4.69) is 15.8 Å².